The highest BCUT2D eigenvalue weighted by molar-refractivity contribution is 6.32. The number of aromatic nitrogens is 2. The zero-order valence-electron chi connectivity index (χ0n) is 12.7. The topological polar surface area (TPSA) is 70.4 Å². The van der Waals surface area contributed by atoms with Gasteiger partial charge >= 0.3 is 11.9 Å². The Hall–Kier alpha value is -2.34. The summed E-state index contributed by atoms with van der Waals surface area (Å²) in [6, 6.07) is 8.64. The van der Waals surface area contributed by atoms with Gasteiger partial charge in [-0.1, -0.05) is 37.6 Å². The fraction of sp³-hybridized carbons (Fsp3) is 0.312. The fourth-order valence-corrected chi connectivity index (χ4v) is 2.53. The Kier molecular flexibility index (Phi) is 3.85. The van der Waals surface area contributed by atoms with Gasteiger partial charge in [0, 0.05) is 11.6 Å². The maximum absolute atomic E-state index is 12.2. The number of ether oxygens (including phenoxy) is 2. The van der Waals surface area contributed by atoms with Crippen molar-refractivity contribution in [3.05, 3.63) is 47.2 Å². The van der Waals surface area contributed by atoms with Crippen molar-refractivity contribution in [2.75, 3.05) is 6.61 Å². The van der Waals surface area contributed by atoms with E-state index in [4.69, 9.17) is 21.1 Å². The van der Waals surface area contributed by atoms with E-state index in [-0.39, 0.29) is 12.3 Å². The predicted molar refractivity (Wildman–Crippen MR) is 82.5 cm³/mol. The van der Waals surface area contributed by atoms with Gasteiger partial charge in [0.2, 0.25) is 6.10 Å². The van der Waals surface area contributed by atoms with E-state index >= 15 is 0 Å². The molecule has 1 aromatic heterocycles. The van der Waals surface area contributed by atoms with Crippen LogP contribution in [0.15, 0.2) is 36.5 Å². The molecular weight excluding hydrogens is 320 g/mol. The van der Waals surface area contributed by atoms with Gasteiger partial charge in [-0.3, -0.25) is 0 Å². The Balaban J connectivity index is 1.80. The lowest BCUT2D eigenvalue weighted by atomic mass is 9.90. The standard InChI is InChI=1S/C16H15ClN2O4/c1-16(2)9-22-15(21)13(16)23-14(20)11-7-8-19(18-11)12-6-4-3-5-10(12)17/h3-8,13H,9H2,1-2H3/t13-/m0/s1. The molecule has 2 heterocycles. The molecule has 2 aromatic rings. The number of esters is 2. The highest BCUT2D eigenvalue weighted by Gasteiger charge is 2.46. The van der Waals surface area contributed by atoms with E-state index < -0.39 is 23.5 Å². The average Bonchev–Trinajstić information content (AvgIpc) is 3.08. The van der Waals surface area contributed by atoms with Gasteiger partial charge in [-0.2, -0.15) is 5.10 Å². The zero-order chi connectivity index (χ0) is 16.6. The number of hydrogen-bond acceptors (Lipinski definition) is 5. The van der Waals surface area contributed by atoms with Crippen molar-refractivity contribution in [1.82, 2.24) is 9.78 Å². The van der Waals surface area contributed by atoms with Crippen molar-refractivity contribution in [2.45, 2.75) is 20.0 Å². The number of halogens is 1. The van der Waals surface area contributed by atoms with Crippen molar-refractivity contribution >= 4 is 23.5 Å². The minimum atomic E-state index is -0.930. The van der Waals surface area contributed by atoms with Gasteiger partial charge < -0.3 is 9.47 Å². The number of benzene rings is 1. The largest absolute Gasteiger partial charge is 0.462 e. The van der Waals surface area contributed by atoms with E-state index in [9.17, 15) is 9.59 Å². The molecule has 0 radical (unpaired) electrons. The summed E-state index contributed by atoms with van der Waals surface area (Å²) in [7, 11) is 0. The second kappa shape index (κ2) is 5.70. The lowest BCUT2D eigenvalue weighted by molar-refractivity contribution is -0.145. The van der Waals surface area contributed by atoms with Crippen molar-refractivity contribution in [3.63, 3.8) is 0 Å². The number of cyclic esters (lactones) is 1. The molecule has 0 amide bonds. The lowest BCUT2D eigenvalue weighted by Gasteiger charge is -2.21. The SMILES string of the molecule is CC1(C)COC(=O)[C@@H]1OC(=O)c1ccn(-c2ccccc2Cl)n1. The highest BCUT2D eigenvalue weighted by Crippen LogP contribution is 2.31. The Bertz CT molecular complexity index is 769. The van der Waals surface area contributed by atoms with Crippen molar-refractivity contribution in [1.29, 1.82) is 0 Å². The van der Waals surface area contributed by atoms with Crippen LogP contribution in [0.25, 0.3) is 5.69 Å². The molecule has 1 saturated heterocycles. The van der Waals surface area contributed by atoms with Crippen LogP contribution in [-0.2, 0) is 14.3 Å². The van der Waals surface area contributed by atoms with E-state index in [0.29, 0.717) is 10.7 Å². The number of nitrogens with zero attached hydrogens (tertiary/aromatic N) is 2. The molecule has 1 aliphatic heterocycles. The van der Waals surface area contributed by atoms with E-state index in [1.165, 1.54) is 10.7 Å². The molecule has 6 nitrogen and oxygen atoms in total. The summed E-state index contributed by atoms with van der Waals surface area (Å²) in [5.41, 5.74) is 0.187. The Morgan fingerprint density at radius 2 is 2.13 bits per heavy atom. The van der Waals surface area contributed by atoms with Gasteiger partial charge in [0.05, 0.1) is 10.7 Å². The summed E-state index contributed by atoms with van der Waals surface area (Å²) in [6.07, 6.45) is 0.677. The van der Waals surface area contributed by atoms with Gasteiger partial charge in [-0.25, -0.2) is 14.3 Å². The molecule has 1 fully saturated rings. The quantitative estimate of drug-likeness (QED) is 0.807. The maximum atomic E-state index is 12.2. The first-order valence-corrected chi connectivity index (χ1v) is 7.44. The van der Waals surface area contributed by atoms with Crippen LogP contribution in [0, 0.1) is 5.41 Å². The highest BCUT2D eigenvalue weighted by atomic mass is 35.5. The normalized spacial score (nSPS) is 19.4. The van der Waals surface area contributed by atoms with Crippen LogP contribution in [0.1, 0.15) is 24.3 Å². The molecular formula is C16H15ClN2O4. The average molecular weight is 335 g/mol. The summed E-state index contributed by atoms with van der Waals surface area (Å²) >= 11 is 6.10. The molecule has 1 aromatic carbocycles. The first kappa shape index (κ1) is 15.6. The fourth-order valence-electron chi connectivity index (χ4n) is 2.31. The van der Waals surface area contributed by atoms with E-state index in [1.54, 1.807) is 38.2 Å². The number of carbonyl (C=O) groups excluding carboxylic acids is 2. The van der Waals surface area contributed by atoms with E-state index in [1.807, 2.05) is 6.07 Å². The molecule has 0 unspecified atom stereocenters. The molecule has 0 N–H and O–H groups in total. The molecule has 0 aliphatic carbocycles. The zero-order valence-corrected chi connectivity index (χ0v) is 13.4. The van der Waals surface area contributed by atoms with Crippen molar-refractivity contribution in [3.8, 4) is 5.69 Å². The molecule has 0 saturated carbocycles. The molecule has 7 heteroatoms. The first-order chi connectivity index (χ1) is 10.9. The lowest BCUT2D eigenvalue weighted by Crippen LogP contribution is -2.35. The van der Waals surface area contributed by atoms with Crippen LogP contribution in [0.2, 0.25) is 5.02 Å². The number of carbonyl (C=O) groups is 2. The van der Waals surface area contributed by atoms with Gasteiger partial charge in [-0.05, 0) is 18.2 Å². The van der Waals surface area contributed by atoms with E-state index in [2.05, 4.69) is 5.10 Å². The second-order valence-corrected chi connectivity index (χ2v) is 6.39. The van der Waals surface area contributed by atoms with Crippen LogP contribution in [-0.4, -0.2) is 34.4 Å². The smallest absolute Gasteiger partial charge is 0.359 e. The van der Waals surface area contributed by atoms with Crippen LogP contribution >= 0.6 is 11.6 Å². The van der Waals surface area contributed by atoms with Crippen molar-refractivity contribution < 1.29 is 19.1 Å². The molecule has 1 atom stereocenters. The summed E-state index contributed by atoms with van der Waals surface area (Å²) < 4.78 is 11.7. The monoisotopic (exact) mass is 334 g/mol. The van der Waals surface area contributed by atoms with Crippen LogP contribution < -0.4 is 0 Å². The summed E-state index contributed by atoms with van der Waals surface area (Å²) in [4.78, 5) is 23.9. The molecule has 0 spiro atoms. The minimum absolute atomic E-state index is 0.0976. The summed E-state index contributed by atoms with van der Waals surface area (Å²) in [5, 5.41) is 4.67. The second-order valence-electron chi connectivity index (χ2n) is 5.98. The number of hydrogen-bond donors (Lipinski definition) is 0. The third kappa shape index (κ3) is 2.94. The van der Waals surface area contributed by atoms with Gasteiger partial charge in [0.15, 0.2) is 5.69 Å². The minimum Gasteiger partial charge on any atom is -0.462 e. The van der Waals surface area contributed by atoms with Crippen LogP contribution in [0.3, 0.4) is 0 Å². The Morgan fingerprint density at radius 3 is 2.78 bits per heavy atom. The van der Waals surface area contributed by atoms with Gasteiger partial charge in [-0.15, -0.1) is 0 Å². The van der Waals surface area contributed by atoms with Gasteiger partial charge in [0.25, 0.3) is 0 Å². The van der Waals surface area contributed by atoms with E-state index in [0.717, 1.165) is 0 Å². The third-order valence-corrected chi connectivity index (χ3v) is 3.95. The molecule has 1 aliphatic rings. The Morgan fingerprint density at radius 1 is 1.39 bits per heavy atom. The summed E-state index contributed by atoms with van der Waals surface area (Å²) in [6.45, 7) is 3.83. The first-order valence-electron chi connectivity index (χ1n) is 7.07. The molecule has 3 rings (SSSR count). The predicted octanol–water partition coefficient (Wildman–Crippen LogP) is 2.63. The van der Waals surface area contributed by atoms with Crippen LogP contribution in [0.5, 0.6) is 0 Å². The third-order valence-electron chi connectivity index (χ3n) is 3.63. The number of para-hydroxylation sites is 1. The number of rotatable bonds is 3. The van der Waals surface area contributed by atoms with Crippen LogP contribution in [0.4, 0.5) is 0 Å². The van der Waals surface area contributed by atoms with Crippen molar-refractivity contribution in [2.24, 2.45) is 5.41 Å². The molecule has 0 bridgehead atoms. The summed E-state index contributed by atoms with van der Waals surface area (Å²) in [5.74, 6) is -1.21. The molecule has 120 valence electrons. The van der Waals surface area contributed by atoms with Gasteiger partial charge in [0.1, 0.15) is 6.61 Å². The maximum Gasteiger partial charge on any atom is 0.359 e. The molecule has 23 heavy (non-hydrogen) atoms. The Labute approximate surface area is 137 Å².